The zero-order valence-electron chi connectivity index (χ0n) is 21.2. The number of allylic oxidation sites excluding steroid dienone is 2. The first-order chi connectivity index (χ1) is 15.4. The predicted octanol–water partition coefficient (Wildman–Crippen LogP) is -0.593. The van der Waals surface area contributed by atoms with Gasteiger partial charge in [0, 0.05) is 0 Å². The number of carbonyl (C=O) groups excluding carboxylic acids is 1. The van der Waals surface area contributed by atoms with Gasteiger partial charge in [0.1, 0.15) is 0 Å². The fourth-order valence-corrected chi connectivity index (χ4v) is 7.03. The first kappa shape index (κ1) is 28.4. The number of hydrogen-bond donors (Lipinski definition) is 3. The number of halogens is 2. The molecule has 1 aliphatic carbocycles. The average molecular weight is 579 g/mol. The quantitative estimate of drug-likeness (QED) is 0.125. The Labute approximate surface area is 209 Å². The van der Waals surface area contributed by atoms with Crippen molar-refractivity contribution in [2.45, 2.75) is 56.4 Å². The van der Waals surface area contributed by atoms with E-state index in [1.165, 1.54) is 11.1 Å². The van der Waals surface area contributed by atoms with Crippen LogP contribution >= 0.6 is 0 Å². The molecule has 33 heavy (non-hydrogen) atoms. The molecule has 3 atom stereocenters. The van der Waals surface area contributed by atoms with Crippen molar-refractivity contribution in [1.82, 2.24) is 15.5 Å². The Morgan fingerprint density at radius 3 is 2.73 bits per heavy atom. The first-order valence-corrected chi connectivity index (χ1v) is 14.3. The van der Waals surface area contributed by atoms with Gasteiger partial charge < -0.3 is 0 Å². The second kappa shape index (κ2) is 12.2. The Kier molecular flexibility index (Phi) is 10.5. The van der Waals surface area contributed by atoms with Gasteiger partial charge >= 0.3 is 210 Å². The van der Waals surface area contributed by atoms with Crippen LogP contribution in [0.25, 0.3) is 0 Å². The number of alkyl halides is 3. The molecule has 1 saturated heterocycles. The molecule has 0 saturated carbocycles. The van der Waals surface area contributed by atoms with Crippen LogP contribution in [0.5, 0.6) is 0 Å². The van der Waals surface area contributed by atoms with E-state index in [-0.39, 0.29) is 36.5 Å². The maximum atomic E-state index is 14.7. The van der Waals surface area contributed by atoms with Crippen LogP contribution in [0.15, 0.2) is 34.4 Å². The Morgan fingerprint density at radius 1 is 1.39 bits per heavy atom. The van der Waals surface area contributed by atoms with Crippen molar-refractivity contribution in [3.8, 4) is 0 Å². The van der Waals surface area contributed by atoms with Gasteiger partial charge in [0.25, 0.3) is 0 Å². The van der Waals surface area contributed by atoms with E-state index in [9.17, 15) is 14.3 Å². The predicted molar refractivity (Wildman–Crippen MR) is 127 cm³/mol. The van der Waals surface area contributed by atoms with Crippen molar-refractivity contribution in [2.75, 3.05) is 51.4 Å². The molecule has 1 amide bonds. The molecule has 1 fully saturated rings. The SMILES string of the molecule is CCC(C)(F)/C=C(\COC)C(C)(C)[I-]CCN(C)[C@H](O)/C(C)=C/C1=C2CNCC(=O)NCC12. The van der Waals surface area contributed by atoms with Crippen LogP contribution in [-0.4, -0.2) is 82.6 Å². The molecule has 1 aliphatic heterocycles. The number of nitrogens with zero attached hydrogens (tertiary/aromatic N) is 1. The summed E-state index contributed by atoms with van der Waals surface area (Å²) in [5.74, 6) is 0.317. The second-order valence-electron chi connectivity index (χ2n) is 9.71. The van der Waals surface area contributed by atoms with E-state index in [4.69, 9.17) is 4.74 Å². The Balaban J connectivity index is 1.92. The number of ether oxygens (including phenoxy) is 1. The van der Waals surface area contributed by atoms with Crippen LogP contribution in [0.3, 0.4) is 0 Å². The van der Waals surface area contributed by atoms with Crippen molar-refractivity contribution in [3.05, 3.63) is 34.4 Å². The van der Waals surface area contributed by atoms with E-state index in [1.807, 2.05) is 25.8 Å². The molecule has 8 heteroatoms. The molecule has 1 heterocycles. The molecule has 0 radical (unpaired) electrons. The van der Waals surface area contributed by atoms with Crippen LogP contribution in [-0.2, 0) is 9.53 Å². The van der Waals surface area contributed by atoms with E-state index in [2.05, 4.69) is 30.6 Å². The van der Waals surface area contributed by atoms with E-state index < -0.39 is 11.9 Å². The standard InChI is InChI=1S/C25H42FIN3O3/c1-8-25(5,26)12-18(16-33-7)24(3,4)27-9-10-30(6)23(32)17(2)11-19-20-13-28-15-22(31)29-14-21(19)20/h11-12,21,23,28,32H,8-10,13-16H2,1-7H3,(H,29,31)/q-1/b17-11+,18-12+/t21?,23-,25?/m1/s1. The zero-order valence-corrected chi connectivity index (χ0v) is 23.4. The molecule has 0 spiro atoms. The van der Waals surface area contributed by atoms with E-state index in [0.717, 1.165) is 28.7 Å². The summed E-state index contributed by atoms with van der Waals surface area (Å²) in [5, 5.41) is 16.9. The molecule has 6 nitrogen and oxygen atoms in total. The number of amides is 1. The number of aliphatic hydroxyl groups is 1. The second-order valence-corrected chi connectivity index (χ2v) is 14.3. The van der Waals surface area contributed by atoms with Gasteiger partial charge in [0.2, 0.25) is 0 Å². The van der Waals surface area contributed by atoms with Crippen LogP contribution in [0.1, 0.15) is 41.0 Å². The van der Waals surface area contributed by atoms with Crippen LogP contribution < -0.4 is 31.8 Å². The number of rotatable bonds is 12. The number of methoxy groups -OCH3 is 1. The van der Waals surface area contributed by atoms with Crippen molar-refractivity contribution in [2.24, 2.45) is 5.92 Å². The zero-order chi connectivity index (χ0) is 24.8. The number of likely N-dealkylation sites (N-methyl/N-ethyl adjacent to an activating group) is 1. The molecule has 0 bridgehead atoms. The Bertz CT molecular complexity index is 792. The van der Waals surface area contributed by atoms with Crippen molar-refractivity contribution in [3.63, 3.8) is 0 Å². The van der Waals surface area contributed by atoms with Gasteiger partial charge in [-0.05, 0) is 0 Å². The van der Waals surface area contributed by atoms with Gasteiger partial charge in [-0.3, -0.25) is 0 Å². The van der Waals surface area contributed by atoms with Gasteiger partial charge in [0.05, 0.1) is 0 Å². The summed E-state index contributed by atoms with van der Waals surface area (Å²) in [6.45, 7) is 12.7. The number of nitrogens with one attached hydrogen (secondary N) is 2. The maximum absolute atomic E-state index is 14.7. The number of carbonyl (C=O) groups is 1. The van der Waals surface area contributed by atoms with Crippen molar-refractivity contribution in [1.29, 1.82) is 0 Å². The van der Waals surface area contributed by atoms with Crippen LogP contribution in [0.4, 0.5) is 4.39 Å². The fraction of sp³-hybridized carbons (Fsp3) is 0.720. The summed E-state index contributed by atoms with van der Waals surface area (Å²) in [4.78, 5) is 13.6. The molecular formula is C25H42FIN3O3-. The number of fused-ring (bicyclic) bond motifs is 1. The Morgan fingerprint density at radius 2 is 2.09 bits per heavy atom. The van der Waals surface area contributed by atoms with Crippen LogP contribution in [0.2, 0.25) is 0 Å². The molecular weight excluding hydrogens is 536 g/mol. The van der Waals surface area contributed by atoms with Gasteiger partial charge in [-0.25, -0.2) is 0 Å². The summed E-state index contributed by atoms with van der Waals surface area (Å²) >= 11 is -0.286. The third-order valence-corrected chi connectivity index (χ3v) is 10.1. The van der Waals surface area contributed by atoms with Crippen molar-refractivity contribution >= 4 is 5.91 Å². The Hall–Kier alpha value is -0.810. The molecule has 190 valence electrons. The van der Waals surface area contributed by atoms with Crippen LogP contribution in [0, 0.1) is 5.92 Å². The average Bonchev–Trinajstić information content (AvgIpc) is 3.38. The van der Waals surface area contributed by atoms with E-state index >= 15 is 0 Å². The summed E-state index contributed by atoms with van der Waals surface area (Å²) in [7, 11) is 3.60. The minimum absolute atomic E-state index is 0.0290. The summed E-state index contributed by atoms with van der Waals surface area (Å²) in [5.41, 5.74) is 3.16. The van der Waals surface area contributed by atoms with Crippen molar-refractivity contribution < 1.29 is 40.2 Å². The van der Waals surface area contributed by atoms with Gasteiger partial charge in [-0.2, -0.15) is 0 Å². The summed E-state index contributed by atoms with van der Waals surface area (Å²) in [6.07, 6.45) is 3.62. The van der Waals surface area contributed by atoms with E-state index in [1.54, 1.807) is 20.1 Å². The molecule has 2 unspecified atom stereocenters. The third-order valence-electron chi connectivity index (χ3n) is 6.49. The molecule has 0 aromatic rings. The van der Waals surface area contributed by atoms with Gasteiger partial charge in [-0.1, -0.05) is 0 Å². The molecule has 0 aromatic carbocycles. The fourth-order valence-electron chi connectivity index (χ4n) is 3.88. The molecule has 3 N–H and O–H groups in total. The third kappa shape index (κ3) is 8.42. The first-order valence-electron chi connectivity index (χ1n) is 11.7. The minimum atomic E-state index is -1.32. The normalized spacial score (nSPS) is 23.1. The summed E-state index contributed by atoms with van der Waals surface area (Å²) < 4.78 is 20.9. The molecule has 2 rings (SSSR count). The summed E-state index contributed by atoms with van der Waals surface area (Å²) in [6, 6.07) is 0. The topological polar surface area (TPSA) is 73.8 Å². The molecule has 0 aromatic heterocycles. The molecule has 2 aliphatic rings. The van der Waals surface area contributed by atoms with E-state index in [0.29, 0.717) is 26.1 Å². The number of aliphatic hydroxyl groups excluding tert-OH is 1. The van der Waals surface area contributed by atoms with Gasteiger partial charge in [0.15, 0.2) is 0 Å². The van der Waals surface area contributed by atoms with Gasteiger partial charge in [-0.15, -0.1) is 0 Å². The monoisotopic (exact) mass is 578 g/mol. The number of hydrogen-bond acceptors (Lipinski definition) is 5.